The highest BCUT2D eigenvalue weighted by Gasteiger charge is 2.17. The fourth-order valence-electron chi connectivity index (χ4n) is 2.52. The second kappa shape index (κ2) is 9.41. The molecule has 4 aromatic rings. The summed E-state index contributed by atoms with van der Waals surface area (Å²) in [5, 5.41) is 8.46. The molecule has 158 valence electrons. The topological polar surface area (TPSA) is 123 Å². The SMILES string of the molecule is O=C(COC(=O)c1cc2sc(Nc3ccccc3)nc2s1)NC(=O)NCc1ccco1. The molecule has 1 aromatic carbocycles. The molecule has 3 amide bonds. The molecule has 3 aromatic heterocycles. The van der Waals surface area contributed by atoms with Gasteiger partial charge in [-0.1, -0.05) is 29.5 Å². The van der Waals surface area contributed by atoms with Gasteiger partial charge in [-0.25, -0.2) is 14.6 Å². The smallest absolute Gasteiger partial charge is 0.348 e. The number of para-hydroxylation sites is 1. The number of rotatable bonds is 7. The molecule has 0 spiro atoms. The maximum atomic E-state index is 12.2. The Morgan fingerprint density at radius 1 is 1.06 bits per heavy atom. The van der Waals surface area contributed by atoms with Crippen molar-refractivity contribution in [3.8, 4) is 0 Å². The van der Waals surface area contributed by atoms with Gasteiger partial charge in [-0.3, -0.25) is 10.1 Å². The van der Waals surface area contributed by atoms with Crippen molar-refractivity contribution in [1.29, 1.82) is 0 Å². The summed E-state index contributed by atoms with van der Waals surface area (Å²) in [6.07, 6.45) is 1.48. The molecule has 9 nitrogen and oxygen atoms in total. The van der Waals surface area contributed by atoms with E-state index < -0.39 is 24.5 Å². The highest BCUT2D eigenvalue weighted by molar-refractivity contribution is 7.29. The molecule has 0 unspecified atom stereocenters. The molecular weight excluding hydrogens is 440 g/mol. The summed E-state index contributed by atoms with van der Waals surface area (Å²) in [4.78, 5) is 41.2. The normalized spacial score (nSPS) is 10.6. The summed E-state index contributed by atoms with van der Waals surface area (Å²) in [7, 11) is 0. The molecule has 0 aliphatic heterocycles. The number of amides is 3. The average Bonchev–Trinajstić information content (AvgIpc) is 3.48. The lowest BCUT2D eigenvalue weighted by Gasteiger charge is -2.06. The van der Waals surface area contributed by atoms with E-state index in [4.69, 9.17) is 9.15 Å². The fraction of sp³-hybridized carbons (Fsp3) is 0.100. The first-order chi connectivity index (χ1) is 15.1. The van der Waals surface area contributed by atoms with Crippen LogP contribution in [-0.4, -0.2) is 29.5 Å². The molecule has 0 saturated carbocycles. The summed E-state index contributed by atoms with van der Waals surface area (Å²) in [6.45, 7) is -0.446. The Hall–Kier alpha value is -3.70. The zero-order chi connectivity index (χ0) is 21.6. The standard InChI is InChI=1S/C20H16N4O5S2/c25-16(23-19(27)21-10-13-7-4-8-28-13)11-29-18(26)15-9-14-17(30-15)24-20(31-14)22-12-5-2-1-3-6-12/h1-9H,10-11H2,(H,22,24)(H2,21,23,25,27). The van der Waals surface area contributed by atoms with E-state index in [0.29, 0.717) is 20.6 Å². The number of anilines is 2. The van der Waals surface area contributed by atoms with E-state index in [1.807, 2.05) is 30.3 Å². The van der Waals surface area contributed by atoms with E-state index >= 15 is 0 Å². The molecule has 0 atom stereocenters. The Kier molecular flexibility index (Phi) is 6.24. The fourth-order valence-corrected chi connectivity index (χ4v) is 4.55. The van der Waals surface area contributed by atoms with E-state index in [2.05, 4.69) is 20.9 Å². The molecule has 4 rings (SSSR count). The minimum absolute atomic E-state index is 0.131. The zero-order valence-corrected chi connectivity index (χ0v) is 17.5. The first kappa shape index (κ1) is 20.6. The molecule has 0 radical (unpaired) electrons. The highest BCUT2D eigenvalue weighted by atomic mass is 32.1. The highest BCUT2D eigenvalue weighted by Crippen LogP contribution is 2.34. The van der Waals surface area contributed by atoms with E-state index in [9.17, 15) is 14.4 Å². The van der Waals surface area contributed by atoms with Gasteiger partial charge in [0.2, 0.25) is 0 Å². The van der Waals surface area contributed by atoms with Crippen molar-refractivity contribution in [3.63, 3.8) is 0 Å². The summed E-state index contributed by atoms with van der Waals surface area (Å²) >= 11 is 2.58. The minimum Gasteiger partial charge on any atom is -0.467 e. The summed E-state index contributed by atoms with van der Waals surface area (Å²) in [5.74, 6) is -0.850. The number of urea groups is 1. The summed E-state index contributed by atoms with van der Waals surface area (Å²) < 4.78 is 10.9. The third-order valence-corrected chi connectivity index (χ3v) is 5.96. The van der Waals surface area contributed by atoms with Crippen LogP contribution in [0, 0.1) is 0 Å². The van der Waals surface area contributed by atoms with Gasteiger partial charge in [-0.05, 0) is 30.3 Å². The molecule has 31 heavy (non-hydrogen) atoms. The van der Waals surface area contributed by atoms with Crippen LogP contribution >= 0.6 is 22.7 Å². The Labute approximate surface area is 184 Å². The quantitative estimate of drug-likeness (QED) is 0.361. The van der Waals surface area contributed by atoms with Crippen molar-refractivity contribution in [1.82, 2.24) is 15.6 Å². The number of esters is 1. The van der Waals surface area contributed by atoms with Crippen molar-refractivity contribution in [2.45, 2.75) is 6.54 Å². The molecule has 0 aliphatic carbocycles. The summed E-state index contributed by atoms with van der Waals surface area (Å²) in [5.41, 5.74) is 0.919. The van der Waals surface area contributed by atoms with Gasteiger partial charge in [0, 0.05) is 5.69 Å². The van der Waals surface area contributed by atoms with Crippen molar-refractivity contribution in [2.75, 3.05) is 11.9 Å². The number of fused-ring (bicyclic) bond motifs is 1. The summed E-state index contributed by atoms with van der Waals surface area (Å²) in [6, 6.07) is 14.0. The monoisotopic (exact) mass is 456 g/mol. The van der Waals surface area contributed by atoms with Gasteiger partial charge >= 0.3 is 12.0 Å². The molecule has 0 fully saturated rings. The minimum atomic E-state index is -0.740. The van der Waals surface area contributed by atoms with E-state index in [1.54, 1.807) is 18.2 Å². The lowest BCUT2D eigenvalue weighted by molar-refractivity contribution is -0.123. The Morgan fingerprint density at radius 3 is 2.65 bits per heavy atom. The Balaban J connectivity index is 1.25. The third kappa shape index (κ3) is 5.47. The van der Waals surface area contributed by atoms with Gasteiger partial charge in [0.15, 0.2) is 11.7 Å². The average molecular weight is 457 g/mol. The van der Waals surface area contributed by atoms with Gasteiger partial charge < -0.3 is 19.8 Å². The molecular formula is C20H16N4O5S2. The number of furan rings is 1. The number of carbonyl (C=O) groups is 3. The molecule has 3 N–H and O–H groups in total. The molecule has 0 saturated heterocycles. The number of thiazole rings is 1. The molecule has 0 bridgehead atoms. The number of aromatic nitrogens is 1. The van der Waals surface area contributed by atoms with Crippen LogP contribution in [0.5, 0.6) is 0 Å². The number of carbonyl (C=O) groups excluding carboxylic acids is 3. The van der Waals surface area contributed by atoms with E-state index in [0.717, 1.165) is 10.4 Å². The lowest BCUT2D eigenvalue weighted by atomic mass is 10.3. The van der Waals surface area contributed by atoms with Crippen molar-refractivity contribution >= 4 is 60.9 Å². The zero-order valence-electron chi connectivity index (χ0n) is 15.9. The second-order valence-electron chi connectivity index (χ2n) is 6.18. The first-order valence-electron chi connectivity index (χ1n) is 9.06. The third-order valence-electron chi connectivity index (χ3n) is 3.91. The number of ether oxygens (including phenoxy) is 1. The Morgan fingerprint density at radius 2 is 1.90 bits per heavy atom. The Bertz CT molecular complexity index is 1170. The van der Waals surface area contributed by atoms with Crippen molar-refractivity contribution < 1.29 is 23.5 Å². The van der Waals surface area contributed by atoms with E-state index in [1.165, 1.54) is 28.9 Å². The van der Waals surface area contributed by atoms with Crippen LogP contribution in [-0.2, 0) is 16.1 Å². The maximum absolute atomic E-state index is 12.2. The van der Waals surface area contributed by atoms with E-state index in [-0.39, 0.29) is 6.54 Å². The van der Waals surface area contributed by atoms with Gasteiger partial charge in [-0.15, -0.1) is 11.3 Å². The van der Waals surface area contributed by atoms with Crippen LogP contribution in [0.15, 0.2) is 59.2 Å². The number of thiophene rings is 1. The van der Waals surface area contributed by atoms with Gasteiger partial charge in [0.05, 0.1) is 17.5 Å². The number of nitrogens with zero attached hydrogens (tertiary/aromatic N) is 1. The number of benzene rings is 1. The van der Waals surface area contributed by atoms with Crippen LogP contribution in [0.4, 0.5) is 15.6 Å². The number of nitrogens with one attached hydrogen (secondary N) is 3. The van der Waals surface area contributed by atoms with Gasteiger partial charge in [0.25, 0.3) is 5.91 Å². The van der Waals surface area contributed by atoms with Crippen LogP contribution in [0.1, 0.15) is 15.4 Å². The number of hydrogen-bond acceptors (Lipinski definition) is 9. The van der Waals surface area contributed by atoms with Crippen LogP contribution in [0.3, 0.4) is 0 Å². The molecule has 11 heteroatoms. The first-order valence-corrected chi connectivity index (χ1v) is 10.7. The van der Waals surface area contributed by atoms with Gasteiger partial charge in [-0.2, -0.15) is 0 Å². The van der Waals surface area contributed by atoms with Crippen LogP contribution in [0.2, 0.25) is 0 Å². The number of hydrogen-bond donors (Lipinski definition) is 3. The largest absolute Gasteiger partial charge is 0.467 e. The van der Waals surface area contributed by atoms with Crippen LogP contribution < -0.4 is 16.0 Å². The van der Waals surface area contributed by atoms with Crippen molar-refractivity contribution in [2.24, 2.45) is 0 Å². The van der Waals surface area contributed by atoms with Crippen LogP contribution in [0.25, 0.3) is 9.53 Å². The van der Waals surface area contributed by atoms with Crippen molar-refractivity contribution in [3.05, 3.63) is 65.4 Å². The maximum Gasteiger partial charge on any atom is 0.348 e. The predicted octanol–water partition coefficient (Wildman–Crippen LogP) is 3.88. The number of imide groups is 1. The predicted molar refractivity (Wildman–Crippen MR) is 117 cm³/mol. The molecule has 3 heterocycles. The molecule has 0 aliphatic rings. The lowest BCUT2D eigenvalue weighted by Crippen LogP contribution is -2.41. The second-order valence-corrected chi connectivity index (χ2v) is 8.24. The van der Waals surface area contributed by atoms with Gasteiger partial charge in [0.1, 0.15) is 15.5 Å².